The topological polar surface area (TPSA) is 111 Å². The maximum atomic E-state index is 13.2. The van der Waals surface area contributed by atoms with Crippen LogP contribution in [-0.4, -0.2) is 50.3 Å². The molecule has 0 aliphatic heterocycles. The molecule has 200 valence electrons. The number of methoxy groups -OCH3 is 1. The third kappa shape index (κ3) is 5.08. The van der Waals surface area contributed by atoms with Gasteiger partial charge in [-0.05, 0) is 41.3 Å². The van der Waals surface area contributed by atoms with Crippen LogP contribution in [0.1, 0.15) is 50.7 Å². The first kappa shape index (κ1) is 27.5. The average Bonchev–Trinajstić information content (AvgIpc) is 3.57. The van der Waals surface area contributed by atoms with Gasteiger partial charge in [-0.3, -0.25) is 5.32 Å². The number of aryl methyl sites for hydroxylation is 1. The molecule has 4 rings (SSSR count). The lowest BCUT2D eigenvalue weighted by Crippen LogP contribution is -2.53. The standard InChI is InChI=1S/C28H34ClN7O2/c1-6-7-12-23-31-25(29)24(28(30-4,18(2)3)27(37)38-5)36(23)17-19-13-15-20(16-14-19)21-10-8-9-11-22(21)26-32-34-35-33-26/h8-11,13-16,18,30H,6-7,12,17H2,1-5H3,(H,32,33,34,35)/t28-/m0/s1. The smallest absolute Gasteiger partial charge is 0.332 e. The number of halogens is 1. The van der Waals surface area contributed by atoms with Gasteiger partial charge in [-0.25, -0.2) is 9.78 Å². The van der Waals surface area contributed by atoms with Crippen molar-refractivity contribution in [3.05, 3.63) is 70.8 Å². The number of hydrogen-bond donors (Lipinski definition) is 2. The normalized spacial score (nSPS) is 13.0. The van der Waals surface area contributed by atoms with Crippen molar-refractivity contribution in [3.8, 4) is 22.5 Å². The zero-order valence-electron chi connectivity index (χ0n) is 22.5. The summed E-state index contributed by atoms with van der Waals surface area (Å²) in [7, 11) is 3.15. The maximum Gasteiger partial charge on any atom is 0.332 e. The van der Waals surface area contributed by atoms with Crippen molar-refractivity contribution in [1.82, 2.24) is 35.5 Å². The van der Waals surface area contributed by atoms with E-state index in [1.807, 2.05) is 38.1 Å². The summed E-state index contributed by atoms with van der Waals surface area (Å²) in [6.07, 6.45) is 2.74. The van der Waals surface area contributed by atoms with Crippen LogP contribution in [0, 0.1) is 5.92 Å². The van der Waals surface area contributed by atoms with Crippen LogP contribution in [-0.2, 0) is 28.0 Å². The van der Waals surface area contributed by atoms with Gasteiger partial charge in [0.1, 0.15) is 5.82 Å². The van der Waals surface area contributed by atoms with Crippen LogP contribution >= 0.6 is 11.6 Å². The monoisotopic (exact) mass is 535 g/mol. The minimum Gasteiger partial charge on any atom is -0.467 e. The van der Waals surface area contributed by atoms with Gasteiger partial charge in [-0.1, -0.05) is 87.3 Å². The third-order valence-electron chi connectivity index (χ3n) is 7.02. The van der Waals surface area contributed by atoms with E-state index in [1.54, 1.807) is 7.05 Å². The number of carbonyl (C=O) groups excluding carboxylic acids is 1. The summed E-state index contributed by atoms with van der Waals surface area (Å²) < 4.78 is 7.34. The molecule has 0 saturated heterocycles. The molecule has 38 heavy (non-hydrogen) atoms. The number of aromatic amines is 1. The highest BCUT2D eigenvalue weighted by Crippen LogP contribution is 2.37. The molecule has 4 aromatic rings. The number of carbonyl (C=O) groups is 1. The first-order valence-electron chi connectivity index (χ1n) is 12.8. The van der Waals surface area contributed by atoms with Crippen LogP contribution in [0.25, 0.3) is 22.5 Å². The van der Waals surface area contributed by atoms with E-state index in [9.17, 15) is 4.79 Å². The SMILES string of the molecule is CCCCc1nc(Cl)c([C@](NC)(C(=O)OC)C(C)C)n1Cc1ccc(-c2ccccc2-c2nn[nH]n2)cc1. The molecule has 2 aromatic carbocycles. The first-order chi connectivity index (χ1) is 18.4. The number of H-pyrrole nitrogens is 1. The summed E-state index contributed by atoms with van der Waals surface area (Å²) in [5, 5.41) is 18.1. The van der Waals surface area contributed by atoms with E-state index in [2.05, 4.69) is 61.7 Å². The Bertz CT molecular complexity index is 1370. The fourth-order valence-corrected chi connectivity index (χ4v) is 5.34. The second-order valence-corrected chi connectivity index (χ2v) is 9.90. The Morgan fingerprint density at radius 1 is 1.16 bits per heavy atom. The molecule has 10 heteroatoms. The molecule has 1 atom stereocenters. The molecule has 0 spiro atoms. The van der Waals surface area contributed by atoms with Crippen molar-refractivity contribution >= 4 is 17.6 Å². The van der Waals surface area contributed by atoms with Gasteiger partial charge in [0, 0.05) is 18.5 Å². The number of likely N-dealkylation sites (N-methyl/N-ethyl adjacent to an activating group) is 1. The van der Waals surface area contributed by atoms with E-state index in [0.717, 1.165) is 47.3 Å². The predicted octanol–water partition coefficient (Wildman–Crippen LogP) is 5.02. The summed E-state index contributed by atoms with van der Waals surface area (Å²) in [5.41, 5.74) is 3.47. The van der Waals surface area contributed by atoms with E-state index in [0.29, 0.717) is 23.2 Å². The van der Waals surface area contributed by atoms with Gasteiger partial charge < -0.3 is 9.30 Å². The lowest BCUT2D eigenvalue weighted by Gasteiger charge is -2.35. The van der Waals surface area contributed by atoms with Gasteiger partial charge in [0.05, 0.1) is 12.8 Å². The molecule has 9 nitrogen and oxygen atoms in total. The van der Waals surface area contributed by atoms with Crippen molar-refractivity contribution in [2.24, 2.45) is 5.92 Å². The van der Waals surface area contributed by atoms with Gasteiger partial charge in [0.25, 0.3) is 0 Å². The van der Waals surface area contributed by atoms with E-state index in [1.165, 1.54) is 7.11 Å². The molecule has 0 bridgehead atoms. The highest BCUT2D eigenvalue weighted by molar-refractivity contribution is 6.30. The number of nitrogens with one attached hydrogen (secondary N) is 2. The van der Waals surface area contributed by atoms with Crippen LogP contribution in [0.5, 0.6) is 0 Å². The van der Waals surface area contributed by atoms with Crippen molar-refractivity contribution in [2.75, 3.05) is 14.2 Å². The van der Waals surface area contributed by atoms with Gasteiger partial charge in [0.2, 0.25) is 5.82 Å². The summed E-state index contributed by atoms with van der Waals surface area (Å²) in [6, 6.07) is 16.3. The Morgan fingerprint density at radius 2 is 1.87 bits per heavy atom. The van der Waals surface area contributed by atoms with Gasteiger partial charge >= 0.3 is 5.97 Å². The summed E-state index contributed by atoms with van der Waals surface area (Å²) >= 11 is 6.78. The minimum absolute atomic E-state index is 0.143. The quantitative estimate of drug-likeness (QED) is 0.259. The Labute approximate surface area is 228 Å². The molecule has 0 saturated carbocycles. The lowest BCUT2D eigenvalue weighted by atomic mass is 9.83. The number of aromatic nitrogens is 6. The largest absolute Gasteiger partial charge is 0.467 e. The highest BCUT2D eigenvalue weighted by atomic mass is 35.5. The fourth-order valence-electron chi connectivity index (χ4n) is 4.99. The van der Waals surface area contributed by atoms with Crippen molar-refractivity contribution in [1.29, 1.82) is 0 Å². The number of benzene rings is 2. The number of nitrogens with zero attached hydrogens (tertiary/aromatic N) is 5. The molecule has 0 fully saturated rings. The molecule has 0 aliphatic carbocycles. The number of ether oxygens (including phenoxy) is 1. The minimum atomic E-state index is -1.15. The Hall–Kier alpha value is -3.56. The number of rotatable bonds is 11. The molecule has 2 aromatic heterocycles. The van der Waals surface area contributed by atoms with Crippen LogP contribution in [0.4, 0.5) is 0 Å². The van der Waals surface area contributed by atoms with Gasteiger partial charge in [0.15, 0.2) is 10.7 Å². The number of imidazole rings is 1. The molecule has 0 amide bonds. The van der Waals surface area contributed by atoms with E-state index >= 15 is 0 Å². The number of hydrogen-bond acceptors (Lipinski definition) is 7. The average molecular weight is 536 g/mol. The lowest BCUT2D eigenvalue weighted by molar-refractivity contribution is -0.151. The van der Waals surface area contributed by atoms with Crippen molar-refractivity contribution in [3.63, 3.8) is 0 Å². The molecule has 0 radical (unpaired) electrons. The van der Waals surface area contributed by atoms with Crippen molar-refractivity contribution < 1.29 is 9.53 Å². The van der Waals surface area contributed by atoms with Gasteiger partial charge in [-0.2, -0.15) is 5.21 Å². The number of esters is 1. The van der Waals surface area contributed by atoms with Gasteiger partial charge in [-0.15, -0.1) is 10.2 Å². The molecule has 0 unspecified atom stereocenters. The number of unbranched alkanes of at least 4 members (excludes halogenated alkanes) is 1. The Morgan fingerprint density at radius 3 is 2.45 bits per heavy atom. The summed E-state index contributed by atoms with van der Waals surface area (Å²) in [4.78, 5) is 17.9. The zero-order valence-corrected chi connectivity index (χ0v) is 23.2. The summed E-state index contributed by atoms with van der Waals surface area (Å²) in [6.45, 7) is 6.60. The maximum absolute atomic E-state index is 13.2. The zero-order chi connectivity index (χ0) is 27.3. The first-order valence-corrected chi connectivity index (χ1v) is 13.2. The Kier molecular flexibility index (Phi) is 8.58. The second kappa shape index (κ2) is 11.9. The number of tetrazole rings is 1. The van der Waals surface area contributed by atoms with E-state index < -0.39 is 11.5 Å². The molecular formula is C28H34ClN7O2. The molecule has 0 aliphatic rings. The molecular weight excluding hydrogens is 502 g/mol. The van der Waals surface area contributed by atoms with E-state index in [-0.39, 0.29) is 5.92 Å². The van der Waals surface area contributed by atoms with Crippen LogP contribution in [0.15, 0.2) is 48.5 Å². The van der Waals surface area contributed by atoms with Crippen LogP contribution in [0.3, 0.4) is 0 Å². The Balaban J connectivity index is 1.76. The summed E-state index contributed by atoms with van der Waals surface area (Å²) in [5.74, 6) is 0.856. The van der Waals surface area contributed by atoms with Crippen LogP contribution < -0.4 is 5.32 Å². The van der Waals surface area contributed by atoms with Crippen LogP contribution in [0.2, 0.25) is 5.15 Å². The second-order valence-electron chi connectivity index (χ2n) is 9.54. The third-order valence-corrected chi connectivity index (χ3v) is 7.28. The fraction of sp³-hybridized carbons (Fsp3) is 0.393. The predicted molar refractivity (Wildman–Crippen MR) is 148 cm³/mol. The molecule has 2 heterocycles. The molecule has 2 N–H and O–H groups in total. The van der Waals surface area contributed by atoms with Crippen molar-refractivity contribution in [2.45, 2.75) is 52.1 Å². The van der Waals surface area contributed by atoms with E-state index in [4.69, 9.17) is 21.3 Å². The highest BCUT2D eigenvalue weighted by Gasteiger charge is 2.48.